The van der Waals surface area contributed by atoms with E-state index in [0.29, 0.717) is 23.0 Å². The number of hydrogen-bond donors (Lipinski definition) is 3. The number of ether oxygens (including phenoxy) is 2. The molecule has 1 amide bonds. The highest BCUT2D eigenvalue weighted by atomic mass is 16.5. The Labute approximate surface area is 471 Å². The van der Waals surface area contributed by atoms with Gasteiger partial charge in [0.2, 0.25) is 5.91 Å². The lowest BCUT2D eigenvalue weighted by Gasteiger charge is -2.18. The van der Waals surface area contributed by atoms with Crippen LogP contribution in [0.2, 0.25) is 0 Å². The Balaban J connectivity index is 0.000000154. The molecule has 2 saturated carbocycles. The molecule has 12 rings (SSSR count). The summed E-state index contributed by atoms with van der Waals surface area (Å²) in [6.07, 6.45) is 12.3. The second-order valence-electron chi connectivity index (χ2n) is 20.9. The van der Waals surface area contributed by atoms with E-state index in [1.807, 2.05) is 18.3 Å². The zero-order valence-corrected chi connectivity index (χ0v) is 46.2. The van der Waals surface area contributed by atoms with Crippen LogP contribution in [0.25, 0.3) is 45.1 Å². The minimum absolute atomic E-state index is 0.0207. The van der Waals surface area contributed by atoms with E-state index in [1.54, 1.807) is 49.8 Å². The number of ketones is 2. The highest BCUT2D eigenvalue weighted by Crippen LogP contribution is 2.46. The molecule has 2 aliphatic carbocycles. The molecule has 0 aromatic carbocycles. The van der Waals surface area contributed by atoms with Crippen molar-refractivity contribution in [3.05, 3.63) is 116 Å². The van der Waals surface area contributed by atoms with Crippen molar-refractivity contribution >= 4 is 69.0 Å². The van der Waals surface area contributed by atoms with Crippen LogP contribution < -0.4 is 43.3 Å². The van der Waals surface area contributed by atoms with Gasteiger partial charge in [-0.25, -0.2) is 54.3 Å². The molecule has 0 bridgehead atoms. The fourth-order valence-electron chi connectivity index (χ4n) is 10.3. The van der Waals surface area contributed by atoms with Crippen LogP contribution in [0.15, 0.2) is 93.0 Å². The van der Waals surface area contributed by atoms with Gasteiger partial charge in [0.1, 0.15) is 60.0 Å². The van der Waals surface area contributed by atoms with Gasteiger partial charge in [0.15, 0.2) is 33.9 Å². The summed E-state index contributed by atoms with van der Waals surface area (Å²) in [4.78, 5) is 139. The summed E-state index contributed by atoms with van der Waals surface area (Å²) < 4.78 is 15.9. The molecule has 8 aromatic heterocycles. The lowest BCUT2D eigenvalue weighted by molar-refractivity contribution is -0.140. The highest BCUT2D eigenvalue weighted by molar-refractivity contribution is 5.94. The number of piperidine rings is 2. The molecular weight excluding hydrogens is 1080 g/mol. The van der Waals surface area contributed by atoms with Crippen LogP contribution >= 0.6 is 0 Å². The first-order valence-electron chi connectivity index (χ1n) is 26.6. The van der Waals surface area contributed by atoms with Crippen LogP contribution in [-0.4, -0.2) is 149 Å². The van der Waals surface area contributed by atoms with Crippen molar-refractivity contribution in [2.45, 2.75) is 51.9 Å². The number of anilines is 4. The fourth-order valence-corrected chi connectivity index (χ4v) is 10.3. The predicted octanol–water partition coefficient (Wildman–Crippen LogP) is 0.955. The number of methoxy groups -OCH3 is 2. The van der Waals surface area contributed by atoms with E-state index in [-0.39, 0.29) is 35.5 Å². The molecule has 4 fully saturated rings. The molecule has 29 nitrogen and oxygen atoms in total. The van der Waals surface area contributed by atoms with Crippen LogP contribution in [0.4, 0.5) is 23.3 Å². The summed E-state index contributed by atoms with van der Waals surface area (Å²) in [6, 6.07) is 8.78. The Morgan fingerprint density at radius 1 is 0.614 bits per heavy atom. The Bertz CT molecular complexity index is 4040. The van der Waals surface area contributed by atoms with Gasteiger partial charge in [-0.3, -0.25) is 42.2 Å². The van der Waals surface area contributed by atoms with Crippen molar-refractivity contribution in [3.63, 3.8) is 0 Å². The Hall–Kier alpha value is -9.64. The van der Waals surface area contributed by atoms with Gasteiger partial charge in [0.05, 0.1) is 61.9 Å². The summed E-state index contributed by atoms with van der Waals surface area (Å²) in [6.45, 7) is 5.91. The van der Waals surface area contributed by atoms with Gasteiger partial charge in [-0.1, -0.05) is 12.1 Å². The van der Waals surface area contributed by atoms with E-state index in [2.05, 4.69) is 59.7 Å². The zero-order chi connectivity index (χ0) is 59.0. The molecule has 4 aliphatic rings. The minimum atomic E-state index is -1.15. The molecule has 2 saturated heterocycles. The van der Waals surface area contributed by atoms with Crippen LogP contribution in [-0.2, 0) is 55.8 Å². The second-order valence-corrected chi connectivity index (χ2v) is 20.9. The minimum Gasteiger partial charge on any atom is -0.480 e. The van der Waals surface area contributed by atoms with Crippen molar-refractivity contribution in [3.8, 4) is 22.8 Å². The van der Waals surface area contributed by atoms with Gasteiger partial charge >= 0.3 is 17.3 Å². The van der Waals surface area contributed by atoms with Crippen LogP contribution in [0.1, 0.15) is 38.8 Å². The van der Waals surface area contributed by atoms with Crippen molar-refractivity contribution in [2.24, 2.45) is 37.8 Å². The Morgan fingerprint density at radius 3 is 1.48 bits per heavy atom. The van der Waals surface area contributed by atoms with Gasteiger partial charge in [0.25, 0.3) is 11.1 Å². The maximum atomic E-state index is 13.3. The van der Waals surface area contributed by atoms with Gasteiger partial charge in [-0.2, -0.15) is 0 Å². The van der Waals surface area contributed by atoms with Crippen molar-refractivity contribution in [2.75, 3.05) is 74.5 Å². The lowest BCUT2D eigenvalue weighted by Crippen LogP contribution is -2.42. The van der Waals surface area contributed by atoms with E-state index < -0.39 is 71.1 Å². The number of carbonyl (C=O) groups is 4. The number of nitrogens with one attached hydrogen (secondary N) is 1. The number of nitrogens with two attached hydrogens (primary N) is 1. The van der Waals surface area contributed by atoms with Gasteiger partial charge < -0.3 is 44.6 Å². The van der Waals surface area contributed by atoms with Crippen LogP contribution in [0, 0.1) is 23.7 Å². The summed E-state index contributed by atoms with van der Waals surface area (Å²) in [5.41, 5.74) is 5.57. The van der Waals surface area contributed by atoms with E-state index in [0.717, 1.165) is 91.1 Å². The van der Waals surface area contributed by atoms with Gasteiger partial charge in [0, 0.05) is 54.5 Å². The zero-order valence-electron chi connectivity index (χ0n) is 46.2. The lowest BCUT2D eigenvalue weighted by atomic mass is 10.2. The number of nitrogens with zero attached hydrogens (tertiary/aromatic N) is 16. The molecule has 6 atom stereocenters. The summed E-state index contributed by atoms with van der Waals surface area (Å²) in [5.74, 6) is 3.49. The average Bonchev–Trinajstić information content (AvgIpc) is 3.20. The van der Waals surface area contributed by atoms with E-state index in [9.17, 15) is 38.4 Å². The average molecular weight is 1140 g/mol. The molecule has 0 spiro atoms. The first-order valence-corrected chi connectivity index (χ1v) is 26.6. The maximum absolute atomic E-state index is 13.3. The number of aromatic nitrogens is 14. The monoisotopic (exact) mass is 1140 g/mol. The molecule has 4 unspecified atom stereocenters. The number of pyridine rings is 2. The number of carboxylic acids is 1. The SMILES string of the molecule is COCC(=O)Cn1c(=O)c2c(ncn2[C@@H](C)C(=O)Nc2cccc(-c3cnc(N4CC5CC5C4)cn3)n2)n(C)c1=O.COCC(=O)Cn1c(=O)c2c(ncn2[C@@H](C)C(=O)O)n(C)c1=O.Nc1cccc(-c2cnc(N3CC4CC4C3)cn2)n1. The number of rotatable bonds is 17. The number of Topliss-reactive ketones (excluding diaryl/α,β-unsaturated/α-hetero) is 2. The third kappa shape index (κ3) is 11.8. The number of aryl methyl sites for hydroxylation is 2. The summed E-state index contributed by atoms with van der Waals surface area (Å²) in [7, 11) is 5.51. The number of imidazole rings is 2. The number of hydrogen-bond acceptors (Lipinski definition) is 21. The largest absolute Gasteiger partial charge is 0.480 e. The Morgan fingerprint density at radius 2 is 1.06 bits per heavy atom. The maximum Gasteiger partial charge on any atom is 0.332 e. The highest BCUT2D eigenvalue weighted by Gasteiger charge is 2.46. The van der Waals surface area contributed by atoms with Gasteiger partial charge in [-0.05, 0) is 74.6 Å². The molecule has 29 heteroatoms. The second kappa shape index (κ2) is 23.4. The van der Waals surface area contributed by atoms with Crippen molar-refractivity contribution in [1.29, 1.82) is 0 Å². The van der Waals surface area contributed by atoms with E-state index in [1.165, 1.54) is 69.9 Å². The first-order chi connectivity index (χ1) is 39.8. The smallest absolute Gasteiger partial charge is 0.332 e. The van der Waals surface area contributed by atoms with E-state index >= 15 is 0 Å². The number of nitrogen functional groups attached to an aromatic ring is 1. The summed E-state index contributed by atoms with van der Waals surface area (Å²) >= 11 is 0. The molecule has 10 heterocycles. The summed E-state index contributed by atoms with van der Waals surface area (Å²) in [5, 5.41) is 11.9. The quantitative estimate of drug-likeness (QED) is 0.114. The molecule has 4 N–H and O–H groups in total. The van der Waals surface area contributed by atoms with Gasteiger partial charge in [-0.15, -0.1) is 0 Å². The number of aliphatic carboxylic acids is 1. The van der Waals surface area contributed by atoms with E-state index in [4.69, 9.17) is 15.6 Å². The third-order valence-corrected chi connectivity index (χ3v) is 15.1. The predicted molar refractivity (Wildman–Crippen MR) is 300 cm³/mol. The topological polar surface area (TPSA) is 352 Å². The number of carbonyl (C=O) groups excluding carboxylic acids is 3. The first kappa shape index (κ1) is 56.6. The van der Waals surface area contributed by atoms with Crippen LogP contribution in [0.5, 0.6) is 0 Å². The molecule has 0 radical (unpaired) electrons. The number of carboxylic acid groups (broad SMARTS) is 1. The fraction of sp³-hybridized carbons (Fsp3) is 0.407. The molecule has 432 valence electrons. The third-order valence-electron chi connectivity index (χ3n) is 15.1. The standard InChI is InChI=1S/C27H29N9O5.C14H15N5.C13H16N4O6/c1-15(36-14-30-24-23(36)26(39)35(27(40)33(24)2)12-18(37)13-41-3)25(38)32-21-6-4-5-19(31-21)20-8-29-22(9-28-20)34-10-16-7-17(16)11-34;15-13-3-1-2-11(18-13)12-5-17-14(6-16-12)19-7-9-4-10(9)8-19;1-7(12(20)21)17-6-14-10-9(17)11(19)16(13(22)15(10)2)4-8(18)5-23-3/h4-6,8-9,14-17H,7,10-13H2,1-3H3,(H,31,32,38);1-3,5-6,9-10H,4,7-8H2,(H2,15,18);6-7H,4-5H2,1-3H3,(H,20,21)/t15-,16?,17?;;7-/m0.0/s1. The number of amides is 1. The molecule has 8 aromatic rings. The molecular formula is C54H60N18O11. The number of fused-ring (bicyclic) bond motifs is 4. The normalized spacial score (nSPS) is 18.1. The Kier molecular flexibility index (Phi) is 16.0. The van der Waals surface area contributed by atoms with Crippen molar-refractivity contribution < 1.29 is 33.8 Å². The molecule has 83 heavy (non-hydrogen) atoms. The van der Waals surface area contributed by atoms with Crippen LogP contribution in [0.3, 0.4) is 0 Å². The molecule has 2 aliphatic heterocycles. The van der Waals surface area contributed by atoms with Crippen molar-refractivity contribution in [1.82, 2.24) is 67.3 Å².